The Bertz CT molecular complexity index is 584. The molecular weight excluding hydrogens is 236 g/mol. The molecule has 0 aliphatic carbocycles. The van der Waals surface area contributed by atoms with E-state index in [1.54, 1.807) is 35.0 Å². The minimum atomic E-state index is -0.0516. The number of aromatic nitrogens is 1. The molecule has 2 aromatic rings. The third-order valence-electron chi connectivity index (χ3n) is 2.64. The highest BCUT2D eigenvalue weighted by Gasteiger charge is 2.06. The van der Waals surface area contributed by atoms with Gasteiger partial charge >= 0.3 is 0 Å². The molecule has 1 aromatic carbocycles. The molecular formula is C13H13ClN2O. The largest absolute Gasteiger partial charge is 0.398 e. The molecule has 2 rings (SSSR count). The van der Waals surface area contributed by atoms with Crippen LogP contribution in [0.2, 0.25) is 5.02 Å². The zero-order valence-electron chi connectivity index (χ0n) is 9.48. The molecule has 17 heavy (non-hydrogen) atoms. The van der Waals surface area contributed by atoms with Gasteiger partial charge in [0, 0.05) is 28.5 Å². The molecule has 4 heteroatoms. The number of nitrogen functional groups attached to an aromatic ring is 1. The first-order chi connectivity index (χ1) is 8.08. The van der Waals surface area contributed by atoms with Crippen molar-refractivity contribution in [2.45, 2.75) is 13.5 Å². The normalized spacial score (nSPS) is 10.5. The van der Waals surface area contributed by atoms with Crippen LogP contribution in [-0.4, -0.2) is 4.57 Å². The van der Waals surface area contributed by atoms with E-state index in [0.717, 1.165) is 11.1 Å². The van der Waals surface area contributed by atoms with Gasteiger partial charge in [0.15, 0.2) is 0 Å². The van der Waals surface area contributed by atoms with E-state index in [0.29, 0.717) is 17.3 Å². The number of aryl methyl sites for hydroxylation is 1. The molecule has 0 saturated heterocycles. The summed E-state index contributed by atoms with van der Waals surface area (Å²) in [6, 6.07) is 8.81. The quantitative estimate of drug-likeness (QED) is 0.830. The number of rotatable bonds is 2. The molecule has 88 valence electrons. The Morgan fingerprint density at radius 2 is 2.12 bits per heavy atom. The highest BCUT2D eigenvalue weighted by atomic mass is 35.5. The SMILES string of the molecule is Cc1ccn(Cc2c(N)cccc2Cl)c(=O)c1. The van der Waals surface area contributed by atoms with Crippen LogP contribution in [0.4, 0.5) is 5.69 Å². The first kappa shape index (κ1) is 11.7. The monoisotopic (exact) mass is 248 g/mol. The van der Waals surface area contributed by atoms with Crippen LogP contribution < -0.4 is 11.3 Å². The summed E-state index contributed by atoms with van der Waals surface area (Å²) in [6.45, 7) is 2.28. The Morgan fingerprint density at radius 1 is 1.35 bits per heavy atom. The summed E-state index contributed by atoms with van der Waals surface area (Å²) >= 11 is 6.07. The Labute approximate surface area is 104 Å². The van der Waals surface area contributed by atoms with Gasteiger partial charge in [-0.3, -0.25) is 4.79 Å². The molecule has 1 heterocycles. The van der Waals surface area contributed by atoms with Gasteiger partial charge in [0.2, 0.25) is 0 Å². The smallest absolute Gasteiger partial charge is 0.251 e. The first-order valence-electron chi connectivity index (χ1n) is 5.28. The van der Waals surface area contributed by atoms with E-state index >= 15 is 0 Å². The number of benzene rings is 1. The van der Waals surface area contributed by atoms with Gasteiger partial charge in [-0.25, -0.2) is 0 Å². The lowest BCUT2D eigenvalue weighted by Crippen LogP contribution is -2.20. The van der Waals surface area contributed by atoms with E-state index in [4.69, 9.17) is 17.3 Å². The van der Waals surface area contributed by atoms with Crippen molar-refractivity contribution in [3.8, 4) is 0 Å². The van der Waals surface area contributed by atoms with Crippen LogP contribution in [0.25, 0.3) is 0 Å². The van der Waals surface area contributed by atoms with Crippen molar-refractivity contribution >= 4 is 17.3 Å². The summed E-state index contributed by atoms with van der Waals surface area (Å²) in [6.07, 6.45) is 1.75. The van der Waals surface area contributed by atoms with Gasteiger partial charge in [0.1, 0.15) is 0 Å². The summed E-state index contributed by atoms with van der Waals surface area (Å²) in [7, 11) is 0. The highest BCUT2D eigenvalue weighted by Crippen LogP contribution is 2.22. The van der Waals surface area contributed by atoms with Crippen LogP contribution in [0, 0.1) is 6.92 Å². The van der Waals surface area contributed by atoms with E-state index in [1.807, 2.05) is 13.0 Å². The fourth-order valence-electron chi connectivity index (χ4n) is 1.65. The van der Waals surface area contributed by atoms with E-state index in [9.17, 15) is 4.79 Å². The Kier molecular flexibility index (Phi) is 3.20. The molecule has 0 amide bonds. The molecule has 0 aliphatic rings. The number of anilines is 1. The predicted molar refractivity (Wildman–Crippen MR) is 70.4 cm³/mol. The molecule has 0 spiro atoms. The van der Waals surface area contributed by atoms with Crippen molar-refractivity contribution in [2.24, 2.45) is 0 Å². The van der Waals surface area contributed by atoms with Gasteiger partial charge in [0.05, 0.1) is 6.54 Å². The average molecular weight is 249 g/mol. The lowest BCUT2D eigenvalue weighted by molar-refractivity contribution is 0.759. The van der Waals surface area contributed by atoms with Crippen LogP contribution in [0.1, 0.15) is 11.1 Å². The lowest BCUT2D eigenvalue weighted by atomic mass is 10.1. The second-order valence-corrected chi connectivity index (χ2v) is 4.39. The second-order valence-electron chi connectivity index (χ2n) is 3.98. The fraction of sp³-hybridized carbons (Fsp3) is 0.154. The van der Waals surface area contributed by atoms with Crippen molar-refractivity contribution in [2.75, 3.05) is 5.73 Å². The standard InChI is InChI=1S/C13H13ClN2O/c1-9-5-6-16(13(17)7-9)8-10-11(14)3-2-4-12(10)15/h2-7H,8,15H2,1H3. The third kappa shape index (κ3) is 2.50. The minimum Gasteiger partial charge on any atom is -0.398 e. The van der Waals surface area contributed by atoms with E-state index in [-0.39, 0.29) is 5.56 Å². The predicted octanol–water partition coefficient (Wildman–Crippen LogP) is 2.44. The maximum absolute atomic E-state index is 11.7. The number of nitrogens with two attached hydrogens (primary N) is 1. The second kappa shape index (κ2) is 4.63. The molecule has 0 radical (unpaired) electrons. The zero-order valence-corrected chi connectivity index (χ0v) is 10.2. The van der Waals surface area contributed by atoms with Crippen LogP contribution in [0.3, 0.4) is 0 Å². The molecule has 0 aliphatic heterocycles. The van der Waals surface area contributed by atoms with E-state index < -0.39 is 0 Å². The maximum atomic E-state index is 11.7. The van der Waals surface area contributed by atoms with Crippen LogP contribution in [0.5, 0.6) is 0 Å². The van der Waals surface area contributed by atoms with Gasteiger partial charge in [-0.1, -0.05) is 17.7 Å². The molecule has 0 bridgehead atoms. The summed E-state index contributed by atoms with van der Waals surface area (Å²) in [5, 5.41) is 0.581. The van der Waals surface area contributed by atoms with Gasteiger partial charge in [-0.2, -0.15) is 0 Å². The molecule has 0 saturated carbocycles. The van der Waals surface area contributed by atoms with Crippen molar-refractivity contribution in [1.29, 1.82) is 0 Å². The highest BCUT2D eigenvalue weighted by molar-refractivity contribution is 6.31. The minimum absolute atomic E-state index is 0.0516. The number of pyridine rings is 1. The number of nitrogens with zero attached hydrogens (tertiary/aromatic N) is 1. The van der Waals surface area contributed by atoms with Gasteiger partial charge < -0.3 is 10.3 Å². The molecule has 0 fully saturated rings. The molecule has 0 atom stereocenters. The number of halogens is 1. The topological polar surface area (TPSA) is 48.0 Å². The van der Waals surface area contributed by atoms with Gasteiger partial charge in [-0.15, -0.1) is 0 Å². The Morgan fingerprint density at radius 3 is 2.76 bits per heavy atom. The molecule has 1 aromatic heterocycles. The summed E-state index contributed by atoms with van der Waals surface area (Å²) in [4.78, 5) is 11.7. The van der Waals surface area contributed by atoms with Crippen LogP contribution in [0.15, 0.2) is 41.3 Å². The van der Waals surface area contributed by atoms with Crippen molar-refractivity contribution in [3.05, 3.63) is 63.0 Å². The average Bonchev–Trinajstić information content (AvgIpc) is 2.26. The van der Waals surface area contributed by atoms with Gasteiger partial charge in [-0.05, 0) is 30.7 Å². The van der Waals surface area contributed by atoms with Crippen molar-refractivity contribution in [1.82, 2.24) is 4.57 Å². The Balaban J connectivity index is 2.42. The van der Waals surface area contributed by atoms with Crippen LogP contribution >= 0.6 is 11.6 Å². The van der Waals surface area contributed by atoms with Gasteiger partial charge in [0.25, 0.3) is 5.56 Å². The summed E-state index contributed by atoms with van der Waals surface area (Å²) in [5.74, 6) is 0. The molecule has 0 unspecified atom stereocenters. The molecule has 3 nitrogen and oxygen atoms in total. The van der Waals surface area contributed by atoms with Crippen molar-refractivity contribution in [3.63, 3.8) is 0 Å². The number of hydrogen-bond donors (Lipinski definition) is 1. The molecule has 2 N–H and O–H groups in total. The number of hydrogen-bond acceptors (Lipinski definition) is 2. The zero-order chi connectivity index (χ0) is 12.4. The summed E-state index contributed by atoms with van der Waals surface area (Å²) < 4.78 is 1.59. The fourth-order valence-corrected chi connectivity index (χ4v) is 1.89. The van der Waals surface area contributed by atoms with Crippen LogP contribution in [-0.2, 0) is 6.54 Å². The Hall–Kier alpha value is -1.74. The summed E-state index contributed by atoms with van der Waals surface area (Å²) in [5.41, 5.74) is 8.12. The maximum Gasteiger partial charge on any atom is 0.251 e. The van der Waals surface area contributed by atoms with E-state index in [1.165, 1.54) is 0 Å². The lowest BCUT2D eigenvalue weighted by Gasteiger charge is -2.10. The first-order valence-corrected chi connectivity index (χ1v) is 5.65. The van der Waals surface area contributed by atoms with E-state index in [2.05, 4.69) is 0 Å². The third-order valence-corrected chi connectivity index (χ3v) is 2.99. The van der Waals surface area contributed by atoms with Crippen molar-refractivity contribution < 1.29 is 0 Å².